The van der Waals surface area contributed by atoms with Crippen molar-refractivity contribution in [1.82, 2.24) is 5.32 Å². The maximum atomic E-state index is 13.3. The molecule has 2 heteroatoms. The zero-order valence-corrected chi connectivity index (χ0v) is 11.0. The van der Waals surface area contributed by atoms with E-state index in [9.17, 15) is 4.39 Å². The van der Waals surface area contributed by atoms with Crippen LogP contribution in [0.1, 0.15) is 45.1 Å². The number of rotatable bonds is 8. The number of halogens is 1. The van der Waals surface area contributed by atoms with Crippen LogP contribution in [-0.4, -0.2) is 12.6 Å². The first-order valence-electron chi connectivity index (χ1n) is 6.70. The molecule has 0 radical (unpaired) electrons. The largest absolute Gasteiger partial charge is 0.314 e. The molecule has 1 aromatic rings. The van der Waals surface area contributed by atoms with E-state index in [1.165, 1.54) is 31.7 Å². The summed E-state index contributed by atoms with van der Waals surface area (Å²) in [5.74, 6) is -0.0899. The van der Waals surface area contributed by atoms with E-state index in [4.69, 9.17) is 0 Å². The molecule has 0 bridgehead atoms. The second-order valence-corrected chi connectivity index (χ2v) is 4.69. The monoisotopic (exact) mass is 237 g/mol. The highest BCUT2D eigenvalue weighted by atomic mass is 19.1. The molecule has 0 saturated heterocycles. The van der Waals surface area contributed by atoms with E-state index >= 15 is 0 Å². The Morgan fingerprint density at radius 2 is 2.00 bits per heavy atom. The van der Waals surface area contributed by atoms with Crippen molar-refractivity contribution in [1.29, 1.82) is 0 Å². The molecule has 0 fully saturated rings. The average Bonchev–Trinajstić information content (AvgIpc) is 2.32. The molecule has 1 atom stereocenters. The van der Waals surface area contributed by atoms with Crippen molar-refractivity contribution in [2.24, 2.45) is 0 Å². The van der Waals surface area contributed by atoms with Gasteiger partial charge in [0.15, 0.2) is 0 Å². The van der Waals surface area contributed by atoms with Crippen molar-refractivity contribution >= 4 is 0 Å². The molecule has 1 aromatic carbocycles. The number of benzene rings is 1. The Hall–Kier alpha value is -0.890. The lowest BCUT2D eigenvalue weighted by atomic mass is 10.1. The van der Waals surface area contributed by atoms with Crippen molar-refractivity contribution in [3.8, 4) is 0 Å². The van der Waals surface area contributed by atoms with E-state index < -0.39 is 0 Å². The third-order valence-electron chi connectivity index (χ3n) is 3.09. The topological polar surface area (TPSA) is 12.0 Å². The van der Waals surface area contributed by atoms with Gasteiger partial charge < -0.3 is 5.32 Å². The van der Waals surface area contributed by atoms with Gasteiger partial charge in [0.2, 0.25) is 0 Å². The first kappa shape index (κ1) is 14.2. The molecule has 0 saturated carbocycles. The molecule has 0 amide bonds. The highest BCUT2D eigenvalue weighted by molar-refractivity contribution is 5.17. The molecular formula is C15H24FN. The molecular weight excluding hydrogens is 213 g/mol. The van der Waals surface area contributed by atoms with Crippen LogP contribution in [0, 0.1) is 5.82 Å². The van der Waals surface area contributed by atoms with Gasteiger partial charge in [-0.05, 0) is 37.9 Å². The normalized spacial score (nSPS) is 12.6. The van der Waals surface area contributed by atoms with Crippen LogP contribution in [0.3, 0.4) is 0 Å². The minimum absolute atomic E-state index is 0.0899. The van der Waals surface area contributed by atoms with Gasteiger partial charge in [0.1, 0.15) is 5.82 Å². The molecule has 1 rings (SSSR count). The Labute approximate surface area is 104 Å². The minimum Gasteiger partial charge on any atom is -0.314 e. The molecule has 17 heavy (non-hydrogen) atoms. The summed E-state index contributed by atoms with van der Waals surface area (Å²) in [4.78, 5) is 0. The van der Waals surface area contributed by atoms with Crippen molar-refractivity contribution in [3.05, 3.63) is 35.6 Å². The van der Waals surface area contributed by atoms with Gasteiger partial charge in [0.25, 0.3) is 0 Å². The summed E-state index contributed by atoms with van der Waals surface area (Å²) >= 11 is 0. The van der Waals surface area contributed by atoms with E-state index in [0.29, 0.717) is 6.04 Å². The van der Waals surface area contributed by atoms with Crippen LogP contribution < -0.4 is 5.32 Å². The zero-order chi connectivity index (χ0) is 12.5. The second-order valence-electron chi connectivity index (χ2n) is 4.69. The fourth-order valence-corrected chi connectivity index (χ4v) is 1.96. The molecule has 0 aromatic heterocycles. The molecule has 1 nitrogen and oxygen atoms in total. The highest BCUT2D eigenvalue weighted by Crippen LogP contribution is 2.07. The maximum absolute atomic E-state index is 13.3. The van der Waals surface area contributed by atoms with Crippen molar-refractivity contribution in [2.75, 3.05) is 6.54 Å². The number of unbranched alkanes of at least 4 members (excludes halogenated alkanes) is 2. The lowest BCUT2D eigenvalue weighted by Gasteiger charge is -2.13. The third-order valence-corrected chi connectivity index (χ3v) is 3.09. The average molecular weight is 237 g/mol. The predicted octanol–water partition coefficient (Wildman–Crippen LogP) is 3.93. The summed E-state index contributed by atoms with van der Waals surface area (Å²) in [7, 11) is 0. The zero-order valence-electron chi connectivity index (χ0n) is 11.0. The summed E-state index contributed by atoms with van der Waals surface area (Å²) < 4.78 is 13.3. The summed E-state index contributed by atoms with van der Waals surface area (Å²) in [5.41, 5.74) is 0.806. The van der Waals surface area contributed by atoms with E-state index in [-0.39, 0.29) is 5.82 Å². The summed E-state index contributed by atoms with van der Waals surface area (Å²) in [6.07, 6.45) is 5.83. The van der Waals surface area contributed by atoms with Gasteiger partial charge >= 0.3 is 0 Å². The van der Waals surface area contributed by atoms with Gasteiger partial charge in [-0.3, -0.25) is 0 Å². The van der Waals surface area contributed by atoms with E-state index in [1.807, 2.05) is 12.1 Å². The van der Waals surface area contributed by atoms with Crippen LogP contribution in [0.2, 0.25) is 0 Å². The molecule has 0 heterocycles. The van der Waals surface area contributed by atoms with E-state index in [1.54, 1.807) is 6.07 Å². The lowest BCUT2D eigenvalue weighted by Crippen LogP contribution is -2.28. The fourth-order valence-electron chi connectivity index (χ4n) is 1.96. The standard InChI is InChI=1S/C15H24FN/c1-3-4-5-8-13(2)17-12-11-14-9-6-7-10-15(14)16/h6-7,9-10,13,17H,3-5,8,11-12H2,1-2H3. The number of hydrogen-bond acceptors (Lipinski definition) is 1. The molecule has 1 unspecified atom stereocenters. The number of nitrogens with one attached hydrogen (secondary N) is 1. The van der Waals surface area contributed by atoms with E-state index in [2.05, 4.69) is 19.2 Å². The molecule has 0 spiro atoms. The van der Waals surface area contributed by atoms with Crippen molar-refractivity contribution < 1.29 is 4.39 Å². The van der Waals surface area contributed by atoms with Crippen LogP contribution >= 0.6 is 0 Å². The van der Waals surface area contributed by atoms with Crippen molar-refractivity contribution in [2.45, 2.75) is 52.0 Å². The summed E-state index contributed by atoms with van der Waals surface area (Å²) in [5, 5.41) is 3.45. The molecule has 0 aliphatic carbocycles. The SMILES string of the molecule is CCCCCC(C)NCCc1ccccc1F. The Morgan fingerprint density at radius 1 is 1.24 bits per heavy atom. The summed E-state index contributed by atoms with van der Waals surface area (Å²) in [6, 6.07) is 7.55. The first-order valence-corrected chi connectivity index (χ1v) is 6.70. The Kier molecular flexibility index (Phi) is 6.87. The Morgan fingerprint density at radius 3 is 2.71 bits per heavy atom. The lowest BCUT2D eigenvalue weighted by molar-refractivity contribution is 0.487. The van der Waals surface area contributed by atoms with Gasteiger partial charge in [-0.1, -0.05) is 44.4 Å². The van der Waals surface area contributed by atoms with Gasteiger partial charge in [0.05, 0.1) is 0 Å². The molecule has 96 valence electrons. The Balaban J connectivity index is 2.17. The van der Waals surface area contributed by atoms with Crippen molar-refractivity contribution in [3.63, 3.8) is 0 Å². The molecule has 0 aliphatic rings. The quantitative estimate of drug-likeness (QED) is 0.676. The predicted molar refractivity (Wildman–Crippen MR) is 71.7 cm³/mol. The van der Waals surface area contributed by atoms with Gasteiger partial charge in [-0.2, -0.15) is 0 Å². The first-order chi connectivity index (χ1) is 8.24. The van der Waals surface area contributed by atoms with Crippen LogP contribution in [0.5, 0.6) is 0 Å². The van der Waals surface area contributed by atoms with Crippen LogP contribution in [-0.2, 0) is 6.42 Å². The fraction of sp³-hybridized carbons (Fsp3) is 0.600. The number of hydrogen-bond donors (Lipinski definition) is 1. The third kappa shape index (κ3) is 5.83. The van der Waals surface area contributed by atoms with Crippen LogP contribution in [0.25, 0.3) is 0 Å². The van der Waals surface area contributed by atoms with Gasteiger partial charge in [0, 0.05) is 6.04 Å². The molecule has 0 aliphatic heterocycles. The smallest absolute Gasteiger partial charge is 0.126 e. The van der Waals surface area contributed by atoms with Crippen LogP contribution in [0.15, 0.2) is 24.3 Å². The van der Waals surface area contributed by atoms with E-state index in [0.717, 1.165) is 18.5 Å². The second kappa shape index (κ2) is 8.24. The van der Waals surface area contributed by atoms with Crippen LogP contribution in [0.4, 0.5) is 4.39 Å². The van der Waals surface area contributed by atoms with Gasteiger partial charge in [-0.25, -0.2) is 4.39 Å². The maximum Gasteiger partial charge on any atom is 0.126 e. The summed E-state index contributed by atoms with van der Waals surface area (Å²) in [6.45, 7) is 5.28. The van der Waals surface area contributed by atoms with Gasteiger partial charge in [-0.15, -0.1) is 0 Å². The molecule has 1 N–H and O–H groups in total. The highest BCUT2D eigenvalue weighted by Gasteiger charge is 2.03. The Bertz CT molecular complexity index is 312. The minimum atomic E-state index is -0.0899.